The molecule has 0 radical (unpaired) electrons. The second-order valence-corrected chi connectivity index (χ2v) is 4.66. The molecular weight excluding hydrogens is 286 g/mol. The predicted molar refractivity (Wildman–Crippen MR) is 66.7 cm³/mol. The van der Waals surface area contributed by atoms with Crippen LogP contribution in [-0.4, -0.2) is 52.7 Å². The lowest BCUT2D eigenvalue weighted by Crippen LogP contribution is -2.41. The van der Waals surface area contributed by atoms with Crippen LogP contribution in [0.15, 0.2) is 12.3 Å². The highest BCUT2D eigenvalue weighted by Gasteiger charge is 2.27. The number of ether oxygens (including phenoxy) is 1. The lowest BCUT2D eigenvalue weighted by Gasteiger charge is -2.31. The number of likely N-dealkylation sites (tertiary alicyclic amines) is 1. The summed E-state index contributed by atoms with van der Waals surface area (Å²) in [6.45, 7) is 0.210. The molecule has 1 aromatic rings. The van der Waals surface area contributed by atoms with Crippen molar-refractivity contribution in [2.45, 2.75) is 18.9 Å². The smallest absolute Gasteiger partial charge is 0.329 e. The number of carbonyl (C=O) groups excluding carboxylic acids is 1. The third kappa shape index (κ3) is 3.72. The zero-order chi connectivity index (χ0) is 15.4. The molecular formula is C13H14F2N2O4. The van der Waals surface area contributed by atoms with Crippen LogP contribution >= 0.6 is 0 Å². The zero-order valence-corrected chi connectivity index (χ0v) is 11.1. The standard InChI is InChI=1S/C13H14F2N2O4/c14-11-9(1-4-16-12(11)15)13(20)17-5-2-8(3-6-17)21-7-10(18)19/h1,4,8H,2-3,5-7H2,(H,18,19). The summed E-state index contributed by atoms with van der Waals surface area (Å²) in [6.07, 6.45) is 1.70. The molecule has 1 fully saturated rings. The first-order chi connectivity index (χ1) is 9.99. The highest BCUT2D eigenvalue weighted by atomic mass is 19.2. The van der Waals surface area contributed by atoms with Crippen molar-refractivity contribution in [3.63, 3.8) is 0 Å². The van der Waals surface area contributed by atoms with Crippen LogP contribution in [0.2, 0.25) is 0 Å². The maximum atomic E-state index is 13.5. The number of nitrogens with zero attached hydrogens (tertiary/aromatic N) is 2. The van der Waals surface area contributed by atoms with Crippen LogP contribution in [-0.2, 0) is 9.53 Å². The number of carboxylic acid groups (broad SMARTS) is 1. The van der Waals surface area contributed by atoms with E-state index >= 15 is 0 Å². The van der Waals surface area contributed by atoms with Crippen molar-refractivity contribution in [2.75, 3.05) is 19.7 Å². The molecule has 2 rings (SSSR count). The maximum Gasteiger partial charge on any atom is 0.329 e. The normalized spacial score (nSPS) is 16.0. The van der Waals surface area contributed by atoms with Crippen molar-refractivity contribution in [1.82, 2.24) is 9.88 Å². The molecule has 8 heteroatoms. The van der Waals surface area contributed by atoms with E-state index < -0.39 is 23.6 Å². The minimum atomic E-state index is -1.31. The van der Waals surface area contributed by atoms with Gasteiger partial charge in [0.25, 0.3) is 5.91 Å². The minimum absolute atomic E-state index is 0.246. The van der Waals surface area contributed by atoms with Gasteiger partial charge in [-0.3, -0.25) is 4.79 Å². The van der Waals surface area contributed by atoms with Crippen LogP contribution in [0, 0.1) is 11.8 Å². The molecule has 6 nitrogen and oxygen atoms in total. The summed E-state index contributed by atoms with van der Waals surface area (Å²) >= 11 is 0. The molecule has 2 heterocycles. The Balaban J connectivity index is 1.94. The van der Waals surface area contributed by atoms with Crippen LogP contribution in [0.3, 0.4) is 0 Å². The molecule has 1 aliphatic heterocycles. The van der Waals surface area contributed by atoms with Crippen molar-refractivity contribution in [1.29, 1.82) is 0 Å². The molecule has 114 valence electrons. The van der Waals surface area contributed by atoms with Crippen LogP contribution in [0.4, 0.5) is 8.78 Å². The fraction of sp³-hybridized carbons (Fsp3) is 0.462. The minimum Gasteiger partial charge on any atom is -0.480 e. The first kappa shape index (κ1) is 15.3. The zero-order valence-electron chi connectivity index (χ0n) is 11.1. The van der Waals surface area contributed by atoms with Gasteiger partial charge in [-0.25, -0.2) is 14.2 Å². The maximum absolute atomic E-state index is 13.5. The number of aliphatic carboxylic acids is 1. The van der Waals surface area contributed by atoms with Crippen molar-refractivity contribution < 1.29 is 28.2 Å². The monoisotopic (exact) mass is 300 g/mol. The summed E-state index contributed by atoms with van der Waals surface area (Å²) in [5.74, 6) is -4.22. The lowest BCUT2D eigenvalue weighted by molar-refractivity contribution is -0.145. The Kier molecular flexibility index (Phi) is 4.79. The van der Waals surface area contributed by atoms with E-state index in [2.05, 4.69) is 4.98 Å². The van der Waals surface area contributed by atoms with Gasteiger partial charge in [0.05, 0.1) is 11.7 Å². The average Bonchev–Trinajstić information content (AvgIpc) is 2.48. The summed E-state index contributed by atoms with van der Waals surface area (Å²) in [5.41, 5.74) is -0.354. The molecule has 1 N–H and O–H groups in total. The van der Waals surface area contributed by atoms with E-state index in [1.807, 2.05) is 0 Å². The Morgan fingerprint density at radius 3 is 2.67 bits per heavy atom. The number of hydrogen-bond donors (Lipinski definition) is 1. The van der Waals surface area contributed by atoms with Gasteiger partial charge in [-0.2, -0.15) is 4.39 Å². The van der Waals surface area contributed by atoms with E-state index in [4.69, 9.17) is 9.84 Å². The Labute approximate surface area is 119 Å². The Bertz CT molecular complexity index is 545. The number of carbonyl (C=O) groups is 2. The Morgan fingerprint density at radius 2 is 2.05 bits per heavy atom. The highest BCUT2D eigenvalue weighted by Crippen LogP contribution is 2.18. The lowest BCUT2D eigenvalue weighted by atomic mass is 10.1. The molecule has 1 amide bonds. The largest absolute Gasteiger partial charge is 0.480 e. The van der Waals surface area contributed by atoms with Gasteiger partial charge < -0.3 is 14.7 Å². The molecule has 0 unspecified atom stereocenters. The van der Waals surface area contributed by atoms with Crippen molar-refractivity contribution in [3.8, 4) is 0 Å². The van der Waals surface area contributed by atoms with Crippen LogP contribution < -0.4 is 0 Å². The molecule has 0 bridgehead atoms. The van der Waals surface area contributed by atoms with Crippen molar-refractivity contribution in [2.24, 2.45) is 0 Å². The summed E-state index contributed by atoms with van der Waals surface area (Å²) in [7, 11) is 0. The fourth-order valence-electron chi connectivity index (χ4n) is 2.17. The molecule has 0 aliphatic carbocycles. The number of hydrogen-bond acceptors (Lipinski definition) is 4. The van der Waals surface area contributed by atoms with Crippen LogP contribution in [0.1, 0.15) is 23.2 Å². The van der Waals surface area contributed by atoms with Crippen molar-refractivity contribution in [3.05, 3.63) is 29.6 Å². The number of carboxylic acids is 1. The first-order valence-corrected chi connectivity index (χ1v) is 6.41. The SMILES string of the molecule is O=C(O)COC1CCN(C(=O)c2ccnc(F)c2F)CC1. The topological polar surface area (TPSA) is 79.7 Å². The summed E-state index contributed by atoms with van der Waals surface area (Å²) < 4.78 is 31.7. The van der Waals surface area contributed by atoms with Gasteiger partial charge in [-0.1, -0.05) is 0 Å². The number of halogens is 2. The molecule has 21 heavy (non-hydrogen) atoms. The number of amides is 1. The second kappa shape index (κ2) is 6.57. The highest BCUT2D eigenvalue weighted by molar-refractivity contribution is 5.94. The molecule has 0 saturated carbocycles. The number of piperidine rings is 1. The first-order valence-electron chi connectivity index (χ1n) is 6.41. The van der Waals surface area contributed by atoms with Gasteiger partial charge in [0.2, 0.25) is 5.95 Å². The summed E-state index contributed by atoms with van der Waals surface area (Å²) in [5, 5.41) is 8.52. The van der Waals surface area contributed by atoms with Gasteiger partial charge in [0.15, 0.2) is 5.82 Å². The van der Waals surface area contributed by atoms with E-state index in [-0.39, 0.29) is 18.3 Å². The molecule has 1 saturated heterocycles. The van der Waals surface area contributed by atoms with E-state index in [0.717, 1.165) is 12.3 Å². The van der Waals surface area contributed by atoms with E-state index in [9.17, 15) is 18.4 Å². The summed E-state index contributed by atoms with van der Waals surface area (Å²) in [6, 6.07) is 1.13. The quantitative estimate of drug-likeness (QED) is 0.841. The van der Waals surface area contributed by atoms with E-state index in [0.29, 0.717) is 25.9 Å². The number of aromatic nitrogens is 1. The van der Waals surface area contributed by atoms with Gasteiger partial charge in [-0.05, 0) is 18.9 Å². The van der Waals surface area contributed by atoms with Crippen molar-refractivity contribution >= 4 is 11.9 Å². The predicted octanol–water partition coefficient (Wildman–Crippen LogP) is 1.07. The van der Waals surface area contributed by atoms with E-state index in [1.165, 1.54) is 4.90 Å². The fourth-order valence-corrected chi connectivity index (χ4v) is 2.17. The Hall–Kier alpha value is -2.09. The van der Waals surface area contributed by atoms with Gasteiger partial charge in [-0.15, -0.1) is 0 Å². The van der Waals surface area contributed by atoms with Gasteiger partial charge >= 0.3 is 5.97 Å². The van der Waals surface area contributed by atoms with Gasteiger partial charge in [0.1, 0.15) is 6.61 Å². The van der Waals surface area contributed by atoms with Crippen LogP contribution in [0.25, 0.3) is 0 Å². The Morgan fingerprint density at radius 1 is 1.38 bits per heavy atom. The third-order valence-corrected chi connectivity index (χ3v) is 3.25. The molecule has 0 atom stereocenters. The molecule has 0 spiro atoms. The van der Waals surface area contributed by atoms with E-state index in [1.54, 1.807) is 0 Å². The van der Waals surface area contributed by atoms with Crippen LogP contribution in [0.5, 0.6) is 0 Å². The molecule has 1 aliphatic rings. The number of pyridine rings is 1. The molecule has 1 aromatic heterocycles. The number of rotatable bonds is 4. The average molecular weight is 300 g/mol. The third-order valence-electron chi connectivity index (χ3n) is 3.25. The molecule has 0 aromatic carbocycles. The second-order valence-electron chi connectivity index (χ2n) is 4.66. The summed E-state index contributed by atoms with van der Waals surface area (Å²) in [4.78, 5) is 27.0. The van der Waals surface area contributed by atoms with Gasteiger partial charge in [0, 0.05) is 19.3 Å².